The fraction of sp³-hybridized carbons (Fsp3) is 0.391. The van der Waals surface area contributed by atoms with Gasteiger partial charge in [0.15, 0.2) is 0 Å². The molecule has 180 valence electrons. The predicted octanol–water partition coefficient (Wildman–Crippen LogP) is 4.09. The van der Waals surface area contributed by atoms with Gasteiger partial charge >= 0.3 is 0 Å². The first-order valence-electron chi connectivity index (χ1n) is 10.6. The van der Waals surface area contributed by atoms with Crippen molar-refractivity contribution in [2.45, 2.75) is 38.8 Å². The molecule has 0 aliphatic carbocycles. The Kier molecular flexibility index (Phi) is 10.0. The van der Waals surface area contributed by atoms with E-state index in [2.05, 4.69) is 5.32 Å². The zero-order valence-electron chi connectivity index (χ0n) is 18.9. The highest BCUT2D eigenvalue weighted by Gasteiger charge is 2.28. The van der Waals surface area contributed by atoms with Crippen LogP contribution in [0.3, 0.4) is 0 Å². The molecule has 1 N–H and O–H groups in total. The fourth-order valence-corrected chi connectivity index (χ4v) is 4.70. The fourth-order valence-electron chi connectivity index (χ4n) is 3.48. The maximum atomic E-state index is 13.2. The standard InChI is InChI=1S/C23H29Cl2N3O4S/c1-4-21(23(30)26-2)27(16-17-7-9-18(24)10-8-17)22(29)6-5-15-28(33(3,31)32)20-13-11-19(25)12-14-20/h7-14,21H,4-6,15-16H2,1-3H3,(H,26,30). The second-order valence-electron chi connectivity index (χ2n) is 7.60. The van der Waals surface area contributed by atoms with Gasteiger partial charge < -0.3 is 10.2 Å². The molecule has 0 saturated carbocycles. The number of carbonyl (C=O) groups is 2. The van der Waals surface area contributed by atoms with Crippen LogP contribution in [0.4, 0.5) is 5.69 Å². The quantitative estimate of drug-likeness (QED) is 0.490. The Hall–Kier alpha value is -2.29. The number of benzene rings is 2. The van der Waals surface area contributed by atoms with E-state index >= 15 is 0 Å². The Labute approximate surface area is 205 Å². The largest absolute Gasteiger partial charge is 0.357 e. The number of hydrogen-bond donors (Lipinski definition) is 1. The van der Waals surface area contributed by atoms with Gasteiger partial charge in [-0.2, -0.15) is 0 Å². The third-order valence-corrected chi connectivity index (χ3v) is 6.86. The Bertz CT molecular complexity index is 1040. The molecule has 7 nitrogen and oxygen atoms in total. The smallest absolute Gasteiger partial charge is 0.242 e. The van der Waals surface area contributed by atoms with Crippen LogP contribution in [0.15, 0.2) is 48.5 Å². The van der Waals surface area contributed by atoms with Gasteiger partial charge in [0.25, 0.3) is 0 Å². The van der Waals surface area contributed by atoms with Crippen molar-refractivity contribution in [3.8, 4) is 0 Å². The number of likely N-dealkylation sites (N-methyl/N-ethyl adjacent to an activating group) is 1. The lowest BCUT2D eigenvalue weighted by Crippen LogP contribution is -2.48. The van der Waals surface area contributed by atoms with E-state index < -0.39 is 16.1 Å². The summed E-state index contributed by atoms with van der Waals surface area (Å²) in [6, 6.07) is 12.9. The van der Waals surface area contributed by atoms with E-state index in [4.69, 9.17) is 23.2 Å². The highest BCUT2D eigenvalue weighted by Crippen LogP contribution is 2.22. The van der Waals surface area contributed by atoms with Gasteiger partial charge in [-0.05, 0) is 54.8 Å². The van der Waals surface area contributed by atoms with Crippen molar-refractivity contribution >= 4 is 50.7 Å². The average molecular weight is 514 g/mol. The normalized spacial score (nSPS) is 12.2. The van der Waals surface area contributed by atoms with E-state index in [0.29, 0.717) is 22.2 Å². The van der Waals surface area contributed by atoms with Gasteiger partial charge in [-0.25, -0.2) is 8.42 Å². The van der Waals surface area contributed by atoms with Crippen molar-refractivity contribution in [1.82, 2.24) is 10.2 Å². The Morgan fingerprint density at radius 1 is 1.00 bits per heavy atom. The molecule has 2 aromatic rings. The lowest BCUT2D eigenvalue weighted by Gasteiger charge is -2.30. The third-order valence-electron chi connectivity index (χ3n) is 5.17. The van der Waals surface area contributed by atoms with Gasteiger partial charge in [0.05, 0.1) is 11.9 Å². The first-order valence-corrected chi connectivity index (χ1v) is 13.2. The molecule has 0 aliphatic rings. The summed E-state index contributed by atoms with van der Waals surface area (Å²) in [7, 11) is -2.02. The van der Waals surface area contributed by atoms with Gasteiger partial charge in [-0.15, -0.1) is 0 Å². The van der Waals surface area contributed by atoms with E-state index in [1.165, 1.54) is 16.3 Å². The summed E-state index contributed by atoms with van der Waals surface area (Å²) < 4.78 is 25.9. The lowest BCUT2D eigenvalue weighted by molar-refractivity contribution is -0.141. The number of nitrogens with one attached hydrogen (secondary N) is 1. The summed E-state index contributed by atoms with van der Waals surface area (Å²) in [6.07, 6.45) is 1.94. The minimum absolute atomic E-state index is 0.0840. The predicted molar refractivity (Wildman–Crippen MR) is 133 cm³/mol. The molecular weight excluding hydrogens is 485 g/mol. The molecule has 1 atom stereocenters. The highest BCUT2D eigenvalue weighted by molar-refractivity contribution is 7.92. The van der Waals surface area contributed by atoms with Crippen molar-refractivity contribution in [3.63, 3.8) is 0 Å². The van der Waals surface area contributed by atoms with Crippen LogP contribution in [0.2, 0.25) is 10.0 Å². The number of carbonyl (C=O) groups excluding carboxylic acids is 2. The summed E-state index contributed by atoms with van der Waals surface area (Å²) in [5.74, 6) is -0.483. The maximum absolute atomic E-state index is 13.2. The summed E-state index contributed by atoms with van der Waals surface area (Å²) >= 11 is 11.9. The number of halogens is 2. The second kappa shape index (κ2) is 12.3. The second-order valence-corrected chi connectivity index (χ2v) is 10.4. The molecule has 2 amide bonds. The number of sulfonamides is 1. The molecule has 2 rings (SSSR count). The Balaban J connectivity index is 2.17. The molecule has 0 spiro atoms. The molecule has 10 heteroatoms. The minimum Gasteiger partial charge on any atom is -0.357 e. The third kappa shape index (κ3) is 7.91. The van der Waals surface area contributed by atoms with Crippen molar-refractivity contribution < 1.29 is 18.0 Å². The number of amides is 2. The first kappa shape index (κ1) is 27.0. The summed E-state index contributed by atoms with van der Waals surface area (Å²) in [5.41, 5.74) is 1.32. The Morgan fingerprint density at radius 3 is 2.03 bits per heavy atom. The van der Waals surface area contributed by atoms with Crippen molar-refractivity contribution in [2.75, 3.05) is 24.2 Å². The molecule has 0 radical (unpaired) electrons. The molecule has 0 heterocycles. The monoisotopic (exact) mass is 513 g/mol. The molecule has 33 heavy (non-hydrogen) atoms. The number of hydrogen-bond acceptors (Lipinski definition) is 4. The number of anilines is 1. The zero-order valence-corrected chi connectivity index (χ0v) is 21.3. The minimum atomic E-state index is -3.55. The van der Waals surface area contributed by atoms with Crippen LogP contribution < -0.4 is 9.62 Å². The number of nitrogens with zero attached hydrogens (tertiary/aromatic N) is 2. The Morgan fingerprint density at radius 2 is 1.55 bits per heavy atom. The first-order chi connectivity index (χ1) is 15.6. The molecule has 2 aromatic carbocycles. The van der Waals surface area contributed by atoms with Crippen LogP contribution in [-0.2, 0) is 26.2 Å². The van der Waals surface area contributed by atoms with Crippen LogP contribution in [0.1, 0.15) is 31.7 Å². The van der Waals surface area contributed by atoms with Crippen molar-refractivity contribution in [3.05, 3.63) is 64.1 Å². The topological polar surface area (TPSA) is 86.8 Å². The molecule has 0 fully saturated rings. The van der Waals surface area contributed by atoms with Crippen LogP contribution in [0, 0.1) is 0 Å². The van der Waals surface area contributed by atoms with Crippen LogP contribution in [0.25, 0.3) is 0 Å². The van der Waals surface area contributed by atoms with Gasteiger partial charge in [-0.3, -0.25) is 13.9 Å². The van der Waals surface area contributed by atoms with E-state index in [1.807, 2.05) is 19.1 Å². The SMILES string of the molecule is CCC(C(=O)NC)N(Cc1ccc(Cl)cc1)C(=O)CCCN(c1ccc(Cl)cc1)S(C)(=O)=O. The molecule has 0 saturated heterocycles. The summed E-state index contributed by atoms with van der Waals surface area (Å²) in [6.45, 7) is 2.21. The summed E-state index contributed by atoms with van der Waals surface area (Å²) in [5, 5.41) is 3.70. The molecular formula is C23H29Cl2N3O4S. The van der Waals surface area contributed by atoms with Crippen molar-refractivity contribution in [1.29, 1.82) is 0 Å². The van der Waals surface area contributed by atoms with Gasteiger partial charge in [0.2, 0.25) is 21.8 Å². The van der Waals surface area contributed by atoms with Crippen LogP contribution in [0.5, 0.6) is 0 Å². The van der Waals surface area contributed by atoms with E-state index in [0.717, 1.165) is 11.8 Å². The van der Waals surface area contributed by atoms with E-state index in [1.54, 1.807) is 36.4 Å². The molecule has 1 unspecified atom stereocenters. The lowest BCUT2D eigenvalue weighted by atomic mass is 10.1. The molecule has 0 aliphatic heterocycles. The summed E-state index contributed by atoms with van der Waals surface area (Å²) in [4.78, 5) is 27.2. The zero-order chi connectivity index (χ0) is 24.6. The number of rotatable bonds is 11. The van der Waals surface area contributed by atoms with Crippen LogP contribution in [-0.4, -0.2) is 51.0 Å². The van der Waals surface area contributed by atoms with Gasteiger partial charge in [-0.1, -0.05) is 42.3 Å². The van der Waals surface area contributed by atoms with E-state index in [9.17, 15) is 18.0 Å². The maximum Gasteiger partial charge on any atom is 0.242 e. The van der Waals surface area contributed by atoms with Crippen molar-refractivity contribution in [2.24, 2.45) is 0 Å². The molecule has 0 bridgehead atoms. The average Bonchev–Trinajstić information content (AvgIpc) is 2.77. The highest BCUT2D eigenvalue weighted by atomic mass is 35.5. The van der Waals surface area contributed by atoms with Crippen LogP contribution >= 0.6 is 23.2 Å². The molecule has 0 aromatic heterocycles. The van der Waals surface area contributed by atoms with Gasteiger partial charge in [0.1, 0.15) is 6.04 Å². The van der Waals surface area contributed by atoms with Gasteiger partial charge in [0, 0.05) is 36.6 Å². The van der Waals surface area contributed by atoms with E-state index in [-0.39, 0.29) is 37.7 Å².